The van der Waals surface area contributed by atoms with Crippen molar-refractivity contribution in [2.75, 3.05) is 7.11 Å². The Hall–Kier alpha value is -1.38. The van der Waals surface area contributed by atoms with Gasteiger partial charge in [0.25, 0.3) is 0 Å². The highest BCUT2D eigenvalue weighted by molar-refractivity contribution is 5.78. The van der Waals surface area contributed by atoms with Gasteiger partial charge < -0.3 is 4.74 Å². The summed E-state index contributed by atoms with van der Waals surface area (Å²) in [5.41, 5.74) is 1.38. The molecule has 0 amide bonds. The molecule has 0 aromatic heterocycles. The molecule has 0 heterocycles. The fourth-order valence-electron chi connectivity index (χ4n) is 1.74. The first-order valence-electron chi connectivity index (χ1n) is 5.44. The topological polar surface area (TPSA) is 26.3 Å². The summed E-state index contributed by atoms with van der Waals surface area (Å²) in [7, 11) is 1.38. The summed E-state index contributed by atoms with van der Waals surface area (Å²) in [6.45, 7) is 3.70. The van der Waals surface area contributed by atoms with E-state index in [1.165, 1.54) is 13.2 Å². The van der Waals surface area contributed by atoms with E-state index in [1.807, 2.05) is 6.92 Å². The second-order valence-corrected chi connectivity index (χ2v) is 3.87. The van der Waals surface area contributed by atoms with Crippen molar-refractivity contribution in [3.63, 3.8) is 0 Å². The lowest BCUT2D eigenvalue weighted by Crippen LogP contribution is -2.14. The summed E-state index contributed by atoms with van der Waals surface area (Å²) in [6.07, 6.45) is 1.61. The van der Waals surface area contributed by atoms with Crippen LogP contribution in [0.25, 0.3) is 0 Å². The van der Waals surface area contributed by atoms with E-state index in [-0.39, 0.29) is 17.7 Å². The molecule has 1 aromatic rings. The van der Waals surface area contributed by atoms with E-state index in [1.54, 1.807) is 19.1 Å². The Morgan fingerprint density at radius 3 is 2.69 bits per heavy atom. The molecule has 1 rings (SSSR count). The molecule has 0 aliphatic carbocycles. The highest BCUT2D eigenvalue weighted by Gasteiger charge is 2.20. The summed E-state index contributed by atoms with van der Waals surface area (Å²) >= 11 is 0. The van der Waals surface area contributed by atoms with Gasteiger partial charge in [-0.25, -0.2) is 4.39 Å². The quantitative estimate of drug-likeness (QED) is 0.734. The number of halogens is 1. The monoisotopic (exact) mass is 224 g/mol. The number of esters is 1. The number of aryl methyl sites for hydroxylation is 1. The minimum Gasteiger partial charge on any atom is -0.469 e. The molecule has 88 valence electrons. The van der Waals surface area contributed by atoms with Crippen molar-refractivity contribution in [3.8, 4) is 0 Å². The minimum atomic E-state index is -0.283. The fourth-order valence-corrected chi connectivity index (χ4v) is 1.74. The maximum Gasteiger partial charge on any atom is 0.313 e. The Morgan fingerprint density at radius 2 is 2.19 bits per heavy atom. The fraction of sp³-hybridized carbons (Fsp3) is 0.462. The van der Waals surface area contributed by atoms with Crippen LogP contribution in [0.1, 0.15) is 36.8 Å². The first-order valence-corrected chi connectivity index (χ1v) is 5.44. The molecule has 0 aliphatic heterocycles. The molecule has 0 fully saturated rings. The van der Waals surface area contributed by atoms with Crippen molar-refractivity contribution in [1.82, 2.24) is 0 Å². The van der Waals surface area contributed by atoms with E-state index in [9.17, 15) is 9.18 Å². The highest BCUT2D eigenvalue weighted by atomic mass is 19.1. The molecule has 1 atom stereocenters. The van der Waals surface area contributed by atoms with Gasteiger partial charge in [-0.05, 0) is 30.5 Å². The zero-order valence-corrected chi connectivity index (χ0v) is 9.92. The maximum absolute atomic E-state index is 13.1. The van der Waals surface area contributed by atoms with Gasteiger partial charge in [-0.15, -0.1) is 0 Å². The molecule has 0 aliphatic rings. The van der Waals surface area contributed by atoms with Crippen LogP contribution in [0.15, 0.2) is 18.2 Å². The number of methoxy groups -OCH3 is 1. The standard InChI is InChI=1S/C13H17FO2/c1-4-5-11(13(15)16-3)10-6-7-12(14)9(2)8-10/h6-8,11H,4-5H2,1-3H3. The van der Waals surface area contributed by atoms with E-state index < -0.39 is 0 Å². The number of ether oxygens (including phenoxy) is 1. The zero-order valence-electron chi connectivity index (χ0n) is 9.92. The number of hydrogen-bond donors (Lipinski definition) is 0. The Kier molecular flexibility index (Phi) is 4.47. The lowest BCUT2D eigenvalue weighted by Gasteiger charge is -2.14. The number of benzene rings is 1. The molecular weight excluding hydrogens is 207 g/mol. The second-order valence-electron chi connectivity index (χ2n) is 3.87. The van der Waals surface area contributed by atoms with Gasteiger partial charge in [-0.3, -0.25) is 4.79 Å². The van der Waals surface area contributed by atoms with E-state index in [2.05, 4.69) is 0 Å². The van der Waals surface area contributed by atoms with E-state index in [0.29, 0.717) is 5.56 Å². The normalized spacial score (nSPS) is 12.2. The van der Waals surface area contributed by atoms with E-state index >= 15 is 0 Å². The van der Waals surface area contributed by atoms with Crippen LogP contribution in [0, 0.1) is 12.7 Å². The number of carbonyl (C=O) groups excluding carboxylic acids is 1. The Labute approximate surface area is 95.4 Å². The largest absolute Gasteiger partial charge is 0.469 e. The Morgan fingerprint density at radius 1 is 1.50 bits per heavy atom. The zero-order chi connectivity index (χ0) is 12.1. The third-order valence-corrected chi connectivity index (χ3v) is 2.65. The smallest absolute Gasteiger partial charge is 0.313 e. The predicted octanol–water partition coefficient (Wildman–Crippen LogP) is 3.19. The number of carbonyl (C=O) groups is 1. The lowest BCUT2D eigenvalue weighted by atomic mass is 9.93. The van der Waals surface area contributed by atoms with Crippen LogP contribution in [-0.2, 0) is 9.53 Å². The van der Waals surface area contributed by atoms with Crippen molar-refractivity contribution in [2.24, 2.45) is 0 Å². The van der Waals surface area contributed by atoms with Crippen LogP contribution in [0.3, 0.4) is 0 Å². The van der Waals surface area contributed by atoms with Gasteiger partial charge >= 0.3 is 5.97 Å². The maximum atomic E-state index is 13.1. The first-order chi connectivity index (χ1) is 7.60. The molecule has 1 aromatic carbocycles. The Balaban J connectivity index is 3.01. The van der Waals surface area contributed by atoms with Crippen molar-refractivity contribution in [2.45, 2.75) is 32.6 Å². The number of rotatable bonds is 4. The van der Waals surface area contributed by atoms with Crippen molar-refractivity contribution in [3.05, 3.63) is 35.1 Å². The molecule has 16 heavy (non-hydrogen) atoms. The first kappa shape index (κ1) is 12.7. The number of hydrogen-bond acceptors (Lipinski definition) is 2. The third kappa shape index (κ3) is 2.81. The van der Waals surface area contributed by atoms with Gasteiger partial charge in [0, 0.05) is 0 Å². The van der Waals surface area contributed by atoms with Crippen LogP contribution in [-0.4, -0.2) is 13.1 Å². The van der Waals surface area contributed by atoms with Gasteiger partial charge in [0.05, 0.1) is 13.0 Å². The van der Waals surface area contributed by atoms with Crippen molar-refractivity contribution >= 4 is 5.97 Å². The molecule has 2 nitrogen and oxygen atoms in total. The van der Waals surface area contributed by atoms with Crippen LogP contribution in [0.2, 0.25) is 0 Å². The van der Waals surface area contributed by atoms with Crippen molar-refractivity contribution < 1.29 is 13.9 Å². The molecule has 0 saturated heterocycles. The van der Waals surface area contributed by atoms with Gasteiger partial charge in [-0.2, -0.15) is 0 Å². The van der Waals surface area contributed by atoms with Crippen LogP contribution >= 0.6 is 0 Å². The highest BCUT2D eigenvalue weighted by Crippen LogP contribution is 2.24. The third-order valence-electron chi connectivity index (χ3n) is 2.65. The molecule has 0 spiro atoms. The Bertz CT molecular complexity index is 374. The average molecular weight is 224 g/mol. The molecule has 0 radical (unpaired) electrons. The van der Waals surface area contributed by atoms with E-state index in [0.717, 1.165) is 18.4 Å². The summed E-state index contributed by atoms with van der Waals surface area (Å²) < 4.78 is 17.9. The summed E-state index contributed by atoms with van der Waals surface area (Å²) in [5.74, 6) is -0.786. The minimum absolute atomic E-state index is 0.246. The predicted molar refractivity (Wildman–Crippen MR) is 60.8 cm³/mol. The lowest BCUT2D eigenvalue weighted by molar-refractivity contribution is -0.142. The molecular formula is C13H17FO2. The van der Waals surface area contributed by atoms with Gasteiger partial charge in [0.15, 0.2) is 0 Å². The molecule has 0 saturated carbocycles. The average Bonchev–Trinajstić information content (AvgIpc) is 2.29. The summed E-state index contributed by atoms with van der Waals surface area (Å²) in [4.78, 5) is 11.6. The molecule has 0 N–H and O–H groups in total. The van der Waals surface area contributed by atoms with Crippen molar-refractivity contribution in [1.29, 1.82) is 0 Å². The van der Waals surface area contributed by atoms with Gasteiger partial charge in [0.1, 0.15) is 5.82 Å². The summed E-state index contributed by atoms with van der Waals surface area (Å²) in [6, 6.07) is 4.77. The second kappa shape index (κ2) is 5.64. The summed E-state index contributed by atoms with van der Waals surface area (Å²) in [5, 5.41) is 0. The SMILES string of the molecule is CCCC(C(=O)OC)c1ccc(F)c(C)c1. The molecule has 0 bridgehead atoms. The van der Waals surface area contributed by atoms with E-state index in [4.69, 9.17) is 4.74 Å². The van der Waals surface area contributed by atoms with Crippen LogP contribution < -0.4 is 0 Å². The van der Waals surface area contributed by atoms with Gasteiger partial charge in [0.2, 0.25) is 0 Å². The van der Waals surface area contributed by atoms with Crippen LogP contribution in [0.5, 0.6) is 0 Å². The van der Waals surface area contributed by atoms with Gasteiger partial charge in [-0.1, -0.05) is 25.5 Å². The van der Waals surface area contributed by atoms with Crippen LogP contribution in [0.4, 0.5) is 4.39 Å². The molecule has 1 unspecified atom stereocenters. The molecule has 3 heteroatoms.